The maximum absolute atomic E-state index is 14.6. The summed E-state index contributed by atoms with van der Waals surface area (Å²) >= 11 is 0. The molecule has 1 aromatic rings. The van der Waals surface area contributed by atoms with Crippen LogP contribution in [0.3, 0.4) is 0 Å². The number of amides is 4. The minimum absolute atomic E-state index is 0.0920. The minimum Gasteiger partial charge on any atom is -0.362 e. The van der Waals surface area contributed by atoms with Gasteiger partial charge in [0, 0.05) is 33.7 Å². The first-order valence-electron chi connectivity index (χ1n) is 8.62. The smallest absolute Gasteiger partial charge is 0.332 e. The Hall–Kier alpha value is -2.48. The third kappa shape index (κ3) is 1.99. The number of imide groups is 2. The fraction of sp³-hybridized carbons (Fsp3) is 0.500. The van der Waals surface area contributed by atoms with E-state index < -0.39 is 29.3 Å². The van der Waals surface area contributed by atoms with Gasteiger partial charge in [0.05, 0.1) is 11.7 Å². The van der Waals surface area contributed by atoms with Crippen molar-refractivity contribution in [3.05, 3.63) is 29.6 Å². The second-order valence-corrected chi connectivity index (χ2v) is 7.38. The topological polar surface area (TPSA) is 64.2 Å². The summed E-state index contributed by atoms with van der Waals surface area (Å²) in [6, 6.07) is 3.59. The highest BCUT2D eigenvalue weighted by atomic mass is 19.1. The SMILES string of the molecule is CN1CCN2c3c(F)cccc3CC3(C(=O)N(C)C(=O)N(C)C3=O)[C@@H]2C1. The Bertz CT molecular complexity index is 803. The van der Waals surface area contributed by atoms with Gasteiger partial charge in [-0.2, -0.15) is 0 Å². The lowest BCUT2D eigenvalue weighted by molar-refractivity contribution is -0.160. The maximum Gasteiger partial charge on any atom is 0.332 e. The monoisotopic (exact) mass is 360 g/mol. The van der Waals surface area contributed by atoms with Crippen LogP contribution >= 0.6 is 0 Å². The number of likely N-dealkylation sites (N-methyl/N-ethyl adjacent to an activating group) is 1. The first-order chi connectivity index (χ1) is 12.3. The van der Waals surface area contributed by atoms with Crippen molar-refractivity contribution < 1.29 is 18.8 Å². The fourth-order valence-electron chi connectivity index (χ4n) is 4.58. The van der Waals surface area contributed by atoms with Crippen LogP contribution in [-0.2, 0) is 16.0 Å². The summed E-state index contributed by atoms with van der Waals surface area (Å²) < 4.78 is 14.6. The number of hydrogen-bond acceptors (Lipinski definition) is 5. The van der Waals surface area contributed by atoms with Gasteiger partial charge in [0.2, 0.25) is 11.8 Å². The predicted octanol–water partition coefficient (Wildman–Crippen LogP) is 0.539. The number of hydrogen-bond donors (Lipinski definition) is 0. The summed E-state index contributed by atoms with van der Waals surface area (Å²) in [6.07, 6.45) is 0.0920. The zero-order valence-electron chi connectivity index (χ0n) is 15.0. The van der Waals surface area contributed by atoms with E-state index in [1.165, 1.54) is 20.2 Å². The van der Waals surface area contributed by atoms with Gasteiger partial charge in [0.15, 0.2) is 5.41 Å². The van der Waals surface area contributed by atoms with E-state index in [1.54, 1.807) is 12.1 Å². The Labute approximate surface area is 150 Å². The largest absolute Gasteiger partial charge is 0.362 e. The summed E-state index contributed by atoms with van der Waals surface area (Å²) in [4.78, 5) is 44.6. The van der Waals surface area contributed by atoms with E-state index in [-0.39, 0.29) is 12.2 Å². The molecule has 4 amide bonds. The highest BCUT2D eigenvalue weighted by Gasteiger charge is 2.63. The Morgan fingerprint density at radius 1 is 1.04 bits per heavy atom. The number of fused-ring (bicyclic) bond motifs is 4. The number of rotatable bonds is 0. The second-order valence-electron chi connectivity index (χ2n) is 7.38. The summed E-state index contributed by atoms with van der Waals surface area (Å²) in [7, 11) is 4.71. The van der Waals surface area contributed by atoms with Gasteiger partial charge in [-0.25, -0.2) is 9.18 Å². The zero-order valence-corrected chi connectivity index (χ0v) is 15.0. The molecule has 1 atom stereocenters. The Kier molecular flexibility index (Phi) is 3.59. The van der Waals surface area contributed by atoms with Crippen molar-refractivity contribution in [2.24, 2.45) is 5.41 Å². The van der Waals surface area contributed by atoms with Crippen LogP contribution in [0, 0.1) is 11.2 Å². The molecule has 7 nitrogen and oxygen atoms in total. The molecule has 3 aliphatic heterocycles. The summed E-state index contributed by atoms with van der Waals surface area (Å²) in [5.41, 5.74) is -0.324. The highest BCUT2D eigenvalue weighted by Crippen LogP contribution is 2.47. The van der Waals surface area contributed by atoms with Gasteiger partial charge < -0.3 is 9.80 Å². The molecule has 1 aromatic carbocycles. The number of halogens is 1. The van der Waals surface area contributed by atoms with Gasteiger partial charge in [0.1, 0.15) is 5.82 Å². The van der Waals surface area contributed by atoms with Crippen LogP contribution in [0.2, 0.25) is 0 Å². The molecule has 0 bridgehead atoms. The van der Waals surface area contributed by atoms with E-state index >= 15 is 0 Å². The van der Waals surface area contributed by atoms with Crippen LogP contribution in [0.25, 0.3) is 0 Å². The summed E-state index contributed by atoms with van der Waals surface area (Å²) in [5, 5.41) is 0. The molecule has 0 aliphatic carbocycles. The van der Waals surface area contributed by atoms with Crippen molar-refractivity contribution in [1.29, 1.82) is 0 Å². The van der Waals surface area contributed by atoms with E-state index in [2.05, 4.69) is 0 Å². The van der Waals surface area contributed by atoms with Crippen molar-refractivity contribution in [3.63, 3.8) is 0 Å². The normalized spacial score (nSPS) is 25.6. The van der Waals surface area contributed by atoms with Crippen LogP contribution in [0.4, 0.5) is 14.9 Å². The summed E-state index contributed by atoms with van der Waals surface area (Å²) in [5.74, 6) is -1.36. The molecular weight excluding hydrogens is 339 g/mol. The van der Waals surface area contributed by atoms with Crippen LogP contribution < -0.4 is 4.90 Å². The molecule has 1 spiro atoms. The molecular formula is C18H21FN4O3. The van der Waals surface area contributed by atoms with E-state index in [0.717, 1.165) is 9.80 Å². The number of urea groups is 1. The summed E-state index contributed by atoms with van der Waals surface area (Å²) in [6.45, 7) is 1.66. The number of benzene rings is 1. The Balaban J connectivity index is 1.94. The quantitative estimate of drug-likeness (QED) is 0.632. The standard InChI is InChI=1S/C18H21FN4O3/c1-20-7-8-23-13(10-20)18(9-11-5-4-6-12(19)14(11)23)15(24)21(2)17(26)22(3)16(18)25/h4-6,13H,7-10H2,1-3H3/t13-/m0/s1. The molecule has 3 aliphatic rings. The van der Waals surface area contributed by atoms with Gasteiger partial charge in [-0.1, -0.05) is 12.1 Å². The average molecular weight is 360 g/mol. The lowest BCUT2D eigenvalue weighted by atomic mass is 9.67. The number of para-hydroxylation sites is 1. The number of anilines is 1. The number of carbonyl (C=O) groups excluding carboxylic acids is 3. The Morgan fingerprint density at radius 3 is 2.35 bits per heavy atom. The average Bonchev–Trinajstić information content (AvgIpc) is 2.63. The number of barbiturate groups is 1. The van der Waals surface area contributed by atoms with Crippen LogP contribution in [0.1, 0.15) is 5.56 Å². The third-order valence-electron chi connectivity index (χ3n) is 5.93. The van der Waals surface area contributed by atoms with Gasteiger partial charge in [-0.05, 0) is 25.1 Å². The number of nitrogens with zero attached hydrogens (tertiary/aromatic N) is 4. The molecule has 0 aromatic heterocycles. The third-order valence-corrected chi connectivity index (χ3v) is 5.93. The molecule has 3 heterocycles. The number of piperazine rings is 1. The second kappa shape index (κ2) is 5.51. The molecule has 4 rings (SSSR count). The van der Waals surface area contributed by atoms with Gasteiger partial charge in [-0.15, -0.1) is 0 Å². The fourth-order valence-corrected chi connectivity index (χ4v) is 4.58. The van der Waals surface area contributed by atoms with Crippen LogP contribution in [0.15, 0.2) is 18.2 Å². The minimum atomic E-state index is -1.42. The van der Waals surface area contributed by atoms with Crippen molar-refractivity contribution >= 4 is 23.5 Å². The lowest BCUT2D eigenvalue weighted by Gasteiger charge is -2.55. The van der Waals surface area contributed by atoms with E-state index in [1.807, 2.05) is 16.8 Å². The van der Waals surface area contributed by atoms with Gasteiger partial charge in [-0.3, -0.25) is 19.4 Å². The van der Waals surface area contributed by atoms with Crippen molar-refractivity contribution in [3.8, 4) is 0 Å². The van der Waals surface area contributed by atoms with Crippen molar-refractivity contribution in [2.45, 2.75) is 12.5 Å². The molecule has 2 saturated heterocycles. The van der Waals surface area contributed by atoms with Gasteiger partial charge >= 0.3 is 6.03 Å². The first-order valence-corrected chi connectivity index (χ1v) is 8.62. The highest BCUT2D eigenvalue weighted by molar-refractivity contribution is 6.20. The predicted molar refractivity (Wildman–Crippen MR) is 92.1 cm³/mol. The van der Waals surface area contributed by atoms with Gasteiger partial charge in [0.25, 0.3) is 0 Å². The molecule has 0 N–H and O–H groups in total. The van der Waals surface area contributed by atoms with E-state index in [0.29, 0.717) is 30.9 Å². The number of carbonyl (C=O) groups is 3. The van der Waals surface area contributed by atoms with E-state index in [9.17, 15) is 18.8 Å². The lowest BCUT2D eigenvalue weighted by Crippen LogP contribution is -2.74. The van der Waals surface area contributed by atoms with Crippen LogP contribution in [-0.4, -0.2) is 79.4 Å². The molecule has 0 unspecified atom stereocenters. The molecule has 0 saturated carbocycles. The molecule has 138 valence electrons. The Morgan fingerprint density at radius 2 is 1.69 bits per heavy atom. The van der Waals surface area contributed by atoms with Crippen molar-refractivity contribution in [2.75, 3.05) is 45.7 Å². The van der Waals surface area contributed by atoms with Crippen LogP contribution in [0.5, 0.6) is 0 Å². The molecule has 0 radical (unpaired) electrons. The first kappa shape index (κ1) is 17.0. The van der Waals surface area contributed by atoms with Crippen molar-refractivity contribution in [1.82, 2.24) is 14.7 Å². The molecule has 2 fully saturated rings. The molecule has 8 heteroatoms. The molecule has 26 heavy (non-hydrogen) atoms. The zero-order chi connectivity index (χ0) is 18.8. The maximum atomic E-state index is 14.6. The van der Waals surface area contributed by atoms with E-state index in [4.69, 9.17) is 0 Å².